The number of nitrogens with one attached hydrogen (secondary N) is 2. The van der Waals surface area contributed by atoms with E-state index in [0.29, 0.717) is 6.07 Å². The van der Waals surface area contributed by atoms with E-state index in [0.717, 1.165) is 12.1 Å². The number of sulfonamides is 1. The molecule has 0 saturated carbocycles. The number of nitrogens with zero attached hydrogens (tertiary/aromatic N) is 1. The van der Waals surface area contributed by atoms with Gasteiger partial charge in [0.15, 0.2) is 5.69 Å². The molecule has 27 heavy (non-hydrogen) atoms. The van der Waals surface area contributed by atoms with Crippen LogP contribution in [-0.4, -0.2) is 33.1 Å². The highest BCUT2D eigenvalue weighted by atomic mass is 35.5. The number of pyridine rings is 1. The molecule has 1 aromatic heterocycles. The van der Waals surface area contributed by atoms with Gasteiger partial charge in [-0.15, -0.1) is 0 Å². The fourth-order valence-corrected chi connectivity index (χ4v) is 3.30. The lowest BCUT2D eigenvalue weighted by molar-refractivity contribution is -0.137. The number of rotatable bonds is 6. The number of hydrogen-bond acceptors (Lipinski definition) is 5. The first-order valence-corrected chi connectivity index (χ1v) is 9.04. The van der Waals surface area contributed by atoms with Gasteiger partial charge in [0.25, 0.3) is 15.9 Å². The van der Waals surface area contributed by atoms with Gasteiger partial charge in [0.2, 0.25) is 0 Å². The summed E-state index contributed by atoms with van der Waals surface area (Å²) in [6.45, 7) is -0.145. The van der Waals surface area contributed by atoms with Gasteiger partial charge < -0.3 is 10.1 Å². The molecular weight excluding hydrogens is 411 g/mol. The molecule has 0 radical (unpaired) electrons. The SMILES string of the molecule is COCNC(=O)c1ncccc1NS(=O)(=O)c1ccc(Cl)c(C(F)(F)F)c1. The van der Waals surface area contributed by atoms with Crippen LogP contribution in [0.2, 0.25) is 5.02 Å². The molecule has 0 bridgehead atoms. The third kappa shape index (κ3) is 5.08. The maximum absolute atomic E-state index is 13.0. The Bertz CT molecular complexity index is 952. The molecule has 0 aliphatic carbocycles. The zero-order chi connectivity index (χ0) is 20.2. The van der Waals surface area contributed by atoms with Crippen LogP contribution in [0, 0.1) is 0 Å². The summed E-state index contributed by atoms with van der Waals surface area (Å²) in [5.41, 5.74) is -1.78. The Morgan fingerprint density at radius 2 is 2.00 bits per heavy atom. The Balaban J connectivity index is 2.40. The van der Waals surface area contributed by atoms with Crippen LogP contribution in [0.1, 0.15) is 16.1 Å². The van der Waals surface area contributed by atoms with Crippen molar-refractivity contribution in [1.82, 2.24) is 10.3 Å². The Morgan fingerprint density at radius 1 is 1.30 bits per heavy atom. The van der Waals surface area contributed by atoms with Gasteiger partial charge in [0.1, 0.15) is 6.73 Å². The van der Waals surface area contributed by atoms with Crippen LogP contribution in [0.4, 0.5) is 18.9 Å². The number of carbonyl (C=O) groups is 1. The first-order valence-electron chi connectivity index (χ1n) is 7.18. The van der Waals surface area contributed by atoms with Gasteiger partial charge in [-0.2, -0.15) is 13.2 Å². The molecule has 0 aliphatic heterocycles. The van der Waals surface area contributed by atoms with Gasteiger partial charge >= 0.3 is 6.18 Å². The number of ether oxygens (including phenoxy) is 1. The van der Waals surface area contributed by atoms with Crippen LogP contribution in [0.25, 0.3) is 0 Å². The highest BCUT2D eigenvalue weighted by Crippen LogP contribution is 2.36. The molecule has 0 unspecified atom stereocenters. The van der Waals surface area contributed by atoms with Crippen molar-refractivity contribution in [1.29, 1.82) is 0 Å². The summed E-state index contributed by atoms with van der Waals surface area (Å²) in [6, 6.07) is 4.75. The van der Waals surface area contributed by atoms with Crippen LogP contribution in [0.5, 0.6) is 0 Å². The Labute approximate surface area is 157 Å². The van der Waals surface area contributed by atoms with Gasteiger partial charge in [-0.1, -0.05) is 11.6 Å². The quantitative estimate of drug-likeness (QED) is 0.696. The molecule has 1 amide bonds. The summed E-state index contributed by atoms with van der Waals surface area (Å²) in [4.78, 5) is 15.1. The van der Waals surface area contributed by atoms with Crippen molar-refractivity contribution in [2.75, 3.05) is 18.6 Å². The van der Waals surface area contributed by atoms with E-state index in [4.69, 9.17) is 11.6 Å². The minimum Gasteiger partial charge on any atom is -0.364 e. The summed E-state index contributed by atoms with van der Waals surface area (Å²) in [7, 11) is -3.11. The zero-order valence-electron chi connectivity index (χ0n) is 13.7. The third-order valence-corrected chi connectivity index (χ3v) is 4.89. The number of halogens is 4. The maximum atomic E-state index is 13.0. The largest absolute Gasteiger partial charge is 0.417 e. The standard InChI is InChI=1S/C15H13ClF3N3O4S/c1-26-8-21-14(23)13-12(3-2-6-20-13)22-27(24,25)9-4-5-11(16)10(7-9)15(17,18)19/h2-7,22H,8H2,1H3,(H,21,23). The molecule has 0 spiro atoms. The Hall–Kier alpha value is -2.37. The van der Waals surface area contributed by atoms with E-state index in [9.17, 15) is 26.4 Å². The maximum Gasteiger partial charge on any atom is 0.417 e. The minimum absolute atomic E-state index is 0.145. The van der Waals surface area contributed by atoms with Crippen molar-refractivity contribution in [3.05, 3.63) is 52.8 Å². The summed E-state index contributed by atoms with van der Waals surface area (Å²) < 4.78 is 70.6. The molecule has 1 aromatic carbocycles. The molecule has 1 heterocycles. The average molecular weight is 424 g/mol. The molecule has 2 N–H and O–H groups in total. The van der Waals surface area contributed by atoms with E-state index in [2.05, 4.69) is 19.8 Å². The van der Waals surface area contributed by atoms with E-state index < -0.39 is 37.6 Å². The second-order valence-electron chi connectivity index (χ2n) is 5.08. The predicted molar refractivity (Wildman–Crippen MR) is 90.8 cm³/mol. The molecule has 0 saturated heterocycles. The normalized spacial score (nSPS) is 11.9. The van der Waals surface area contributed by atoms with Gasteiger partial charge in [0.05, 0.1) is 21.2 Å². The van der Waals surface area contributed by atoms with Crippen molar-refractivity contribution in [2.45, 2.75) is 11.1 Å². The van der Waals surface area contributed by atoms with E-state index in [1.807, 2.05) is 0 Å². The number of carbonyl (C=O) groups excluding carboxylic acids is 1. The van der Waals surface area contributed by atoms with Crippen molar-refractivity contribution in [3.63, 3.8) is 0 Å². The van der Waals surface area contributed by atoms with Crippen molar-refractivity contribution >= 4 is 33.2 Å². The molecule has 2 aromatic rings. The fourth-order valence-electron chi connectivity index (χ4n) is 1.98. The molecule has 12 heteroatoms. The summed E-state index contributed by atoms with van der Waals surface area (Å²) >= 11 is 5.50. The Morgan fingerprint density at radius 3 is 2.63 bits per heavy atom. The first-order chi connectivity index (χ1) is 12.6. The number of alkyl halides is 3. The second-order valence-corrected chi connectivity index (χ2v) is 7.17. The number of anilines is 1. The van der Waals surface area contributed by atoms with Gasteiger partial charge in [-0.05, 0) is 30.3 Å². The molecule has 0 atom stereocenters. The van der Waals surface area contributed by atoms with Crippen LogP contribution < -0.4 is 10.0 Å². The van der Waals surface area contributed by atoms with E-state index >= 15 is 0 Å². The lowest BCUT2D eigenvalue weighted by Crippen LogP contribution is -2.28. The molecule has 2 rings (SSSR count). The summed E-state index contributed by atoms with van der Waals surface area (Å²) in [5.74, 6) is -0.734. The van der Waals surface area contributed by atoms with Crippen molar-refractivity contribution in [2.24, 2.45) is 0 Å². The van der Waals surface area contributed by atoms with Crippen LogP contribution in [0.3, 0.4) is 0 Å². The monoisotopic (exact) mass is 423 g/mol. The van der Waals surface area contributed by atoms with Crippen LogP contribution in [-0.2, 0) is 20.9 Å². The molecule has 7 nitrogen and oxygen atoms in total. The smallest absolute Gasteiger partial charge is 0.364 e. The highest BCUT2D eigenvalue weighted by Gasteiger charge is 2.34. The van der Waals surface area contributed by atoms with Gasteiger partial charge in [-0.3, -0.25) is 9.52 Å². The zero-order valence-corrected chi connectivity index (χ0v) is 15.2. The van der Waals surface area contributed by atoms with Crippen molar-refractivity contribution in [3.8, 4) is 0 Å². The van der Waals surface area contributed by atoms with E-state index in [-0.39, 0.29) is 18.1 Å². The van der Waals surface area contributed by atoms with Crippen LogP contribution in [0.15, 0.2) is 41.4 Å². The van der Waals surface area contributed by atoms with E-state index in [1.54, 1.807) is 0 Å². The number of hydrogen-bond donors (Lipinski definition) is 2. The number of amides is 1. The first kappa shape index (κ1) is 20.9. The molecular formula is C15H13ClF3N3O4S. The molecule has 146 valence electrons. The lowest BCUT2D eigenvalue weighted by atomic mass is 10.2. The number of aromatic nitrogens is 1. The highest BCUT2D eigenvalue weighted by molar-refractivity contribution is 7.92. The topological polar surface area (TPSA) is 97.4 Å². The number of benzene rings is 1. The van der Waals surface area contributed by atoms with Crippen LogP contribution >= 0.6 is 11.6 Å². The minimum atomic E-state index is -4.83. The fraction of sp³-hybridized carbons (Fsp3) is 0.200. The number of methoxy groups -OCH3 is 1. The van der Waals surface area contributed by atoms with E-state index in [1.165, 1.54) is 25.4 Å². The molecule has 0 fully saturated rings. The predicted octanol–water partition coefficient (Wildman–Crippen LogP) is 2.89. The lowest BCUT2D eigenvalue weighted by Gasteiger charge is -2.14. The third-order valence-electron chi connectivity index (χ3n) is 3.20. The van der Waals surface area contributed by atoms with Gasteiger partial charge in [-0.25, -0.2) is 13.4 Å². The Kier molecular flexibility index (Phi) is 6.29. The second kappa shape index (κ2) is 8.11. The average Bonchev–Trinajstić information content (AvgIpc) is 2.59. The summed E-state index contributed by atoms with van der Waals surface area (Å²) in [6.07, 6.45) is -3.58. The van der Waals surface area contributed by atoms with Crippen molar-refractivity contribution < 1.29 is 31.1 Å². The summed E-state index contributed by atoms with van der Waals surface area (Å²) in [5, 5.41) is 1.69. The van der Waals surface area contributed by atoms with Gasteiger partial charge in [0, 0.05) is 13.3 Å². The molecule has 0 aliphatic rings.